The number of aliphatic hydroxyl groups excluding tert-OH is 2. The topological polar surface area (TPSA) is 66.8 Å². The molecule has 1 atom stereocenters. The van der Waals surface area contributed by atoms with Gasteiger partial charge in [-0.3, -0.25) is 4.79 Å². The van der Waals surface area contributed by atoms with E-state index >= 15 is 0 Å². The molecule has 0 rings (SSSR count). The highest BCUT2D eigenvalue weighted by Gasteiger charge is 1.95. The van der Waals surface area contributed by atoms with Gasteiger partial charge in [0.2, 0.25) is 0 Å². The van der Waals surface area contributed by atoms with E-state index in [1.165, 1.54) is 84.5 Å². The average molecular weight is 333 g/mol. The van der Waals surface area contributed by atoms with Gasteiger partial charge in [-0.25, -0.2) is 0 Å². The third kappa shape index (κ3) is 29.9. The van der Waals surface area contributed by atoms with Crippen molar-refractivity contribution in [2.45, 2.75) is 104 Å². The minimum absolute atomic E-state index is 0.139. The van der Waals surface area contributed by atoms with Crippen LogP contribution in [-0.2, 0) is 9.53 Å². The first-order valence-corrected chi connectivity index (χ1v) is 9.46. The molecule has 1 unspecified atom stereocenters. The Labute approximate surface area is 143 Å². The molecule has 0 spiro atoms. The maximum absolute atomic E-state index is 10.5. The molecule has 23 heavy (non-hydrogen) atoms. The molecule has 0 amide bonds. The Balaban J connectivity index is 0. The summed E-state index contributed by atoms with van der Waals surface area (Å²) in [5.41, 5.74) is 0. The lowest BCUT2D eigenvalue weighted by atomic mass is 10.1. The van der Waals surface area contributed by atoms with E-state index < -0.39 is 6.10 Å². The van der Waals surface area contributed by atoms with Gasteiger partial charge in [-0.2, -0.15) is 0 Å². The van der Waals surface area contributed by atoms with E-state index in [1.807, 2.05) is 0 Å². The van der Waals surface area contributed by atoms with Crippen molar-refractivity contribution in [3.05, 3.63) is 0 Å². The van der Waals surface area contributed by atoms with Crippen LogP contribution in [0.25, 0.3) is 0 Å². The van der Waals surface area contributed by atoms with Crippen molar-refractivity contribution in [1.82, 2.24) is 0 Å². The predicted molar refractivity (Wildman–Crippen MR) is 96.5 cm³/mol. The Morgan fingerprint density at radius 1 is 0.870 bits per heavy atom. The molecule has 0 saturated carbocycles. The number of hydrogen-bond acceptors (Lipinski definition) is 4. The molecule has 0 aromatic rings. The van der Waals surface area contributed by atoms with Gasteiger partial charge in [0.25, 0.3) is 0 Å². The largest absolute Gasteiger partial charge is 0.466 e. The fourth-order valence-electron chi connectivity index (χ4n) is 2.16. The standard InChI is InChI=1S/C16H32O2.C3H8O2/c1-3-4-5-6-7-8-9-10-11-12-13-14-15-18-16(2)17;1-3(5)2-4/h3-15H2,1-2H3;3-5H,2H2,1H3. The zero-order valence-electron chi connectivity index (χ0n) is 15.7. The Bertz CT molecular complexity index is 229. The third-order valence-corrected chi connectivity index (χ3v) is 3.57. The second-order valence-corrected chi connectivity index (χ2v) is 6.26. The van der Waals surface area contributed by atoms with E-state index in [-0.39, 0.29) is 12.6 Å². The number of esters is 1. The lowest BCUT2D eigenvalue weighted by Gasteiger charge is -2.03. The van der Waals surface area contributed by atoms with Gasteiger partial charge in [0, 0.05) is 6.92 Å². The smallest absolute Gasteiger partial charge is 0.302 e. The molecule has 140 valence electrons. The zero-order chi connectivity index (χ0) is 17.8. The predicted octanol–water partition coefficient (Wildman–Crippen LogP) is 4.61. The number of unbranched alkanes of at least 4 members (excludes halogenated alkanes) is 11. The van der Waals surface area contributed by atoms with Gasteiger partial charge in [0.05, 0.1) is 19.3 Å². The molecule has 4 nitrogen and oxygen atoms in total. The Kier molecular flexibility index (Phi) is 22.9. The summed E-state index contributed by atoms with van der Waals surface area (Å²) in [5, 5.41) is 16.0. The summed E-state index contributed by atoms with van der Waals surface area (Å²) in [6, 6.07) is 0. The van der Waals surface area contributed by atoms with E-state index in [2.05, 4.69) is 6.92 Å². The number of carbonyl (C=O) groups is 1. The minimum atomic E-state index is -0.560. The minimum Gasteiger partial charge on any atom is -0.466 e. The normalized spacial score (nSPS) is 11.5. The van der Waals surface area contributed by atoms with Crippen molar-refractivity contribution in [2.24, 2.45) is 0 Å². The molecule has 0 aromatic heterocycles. The van der Waals surface area contributed by atoms with Crippen LogP contribution in [0.4, 0.5) is 0 Å². The van der Waals surface area contributed by atoms with Crippen LogP contribution in [0.2, 0.25) is 0 Å². The maximum Gasteiger partial charge on any atom is 0.302 e. The summed E-state index contributed by atoms with van der Waals surface area (Å²) in [7, 11) is 0. The summed E-state index contributed by atoms with van der Waals surface area (Å²) >= 11 is 0. The van der Waals surface area contributed by atoms with Crippen molar-refractivity contribution in [3.63, 3.8) is 0 Å². The summed E-state index contributed by atoms with van der Waals surface area (Å²) in [6.45, 7) is 5.73. The van der Waals surface area contributed by atoms with Crippen molar-refractivity contribution in [1.29, 1.82) is 0 Å². The molecule has 0 aromatic carbocycles. The molecule has 0 bridgehead atoms. The lowest BCUT2D eigenvalue weighted by molar-refractivity contribution is -0.141. The quantitative estimate of drug-likeness (QED) is 0.360. The van der Waals surface area contributed by atoms with E-state index in [1.54, 1.807) is 0 Å². The number of carbonyl (C=O) groups excluding carboxylic acids is 1. The van der Waals surface area contributed by atoms with Gasteiger partial charge in [-0.1, -0.05) is 77.6 Å². The van der Waals surface area contributed by atoms with E-state index in [0.717, 1.165) is 6.42 Å². The van der Waals surface area contributed by atoms with Crippen LogP contribution in [0, 0.1) is 0 Å². The molecule has 0 aliphatic rings. The SMILES string of the molecule is CC(O)CO.CCCCCCCCCCCCCCOC(C)=O. The summed E-state index contributed by atoms with van der Waals surface area (Å²) in [4.78, 5) is 10.5. The first-order chi connectivity index (χ1) is 11.0. The fraction of sp³-hybridized carbons (Fsp3) is 0.947. The fourth-order valence-corrected chi connectivity index (χ4v) is 2.16. The Hall–Kier alpha value is -0.610. The maximum atomic E-state index is 10.5. The Morgan fingerprint density at radius 3 is 1.52 bits per heavy atom. The zero-order valence-corrected chi connectivity index (χ0v) is 15.7. The molecule has 2 N–H and O–H groups in total. The summed E-state index contributed by atoms with van der Waals surface area (Å²) in [6.07, 6.45) is 15.5. The van der Waals surface area contributed by atoms with Crippen LogP contribution in [0.1, 0.15) is 97.8 Å². The molecule has 0 fully saturated rings. The molecular formula is C19H40O4. The van der Waals surface area contributed by atoms with Crippen molar-refractivity contribution >= 4 is 5.97 Å². The molecule has 0 aliphatic heterocycles. The van der Waals surface area contributed by atoms with Crippen molar-refractivity contribution in [2.75, 3.05) is 13.2 Å². The van der Waals surface area contributed by atoms with Gasteiger partial charge in [-0.15, -0.1) is 0 Å². The van der Waals surface area contributed by atoms with Gasteiger partial charge >= 0.3 is 5.97 Å². The van der Waals surface area contributed by atoms with E-state index in [4.69, 9.17) is 14.9 Å². The van der Waals surface area contributed by atoms with Crippen molar-refractivity contribution < 1.29 is 19.7 Å². The van der Waals surface area contributed by atoms with E-state index in [0.29, 0.717) is 6.61 Å². The van der Waals surface area contributed by atoms with Crippen LogP contribution < -0.4 is 0 Å². The number of rotatable bonds is 14. The van der Waals surface area contributed by atoms with Gasteiger partial charge in [0.1, 0.15) is 0 Å². The number of hydrogen-bond donors (Lipinski definition) is 2. The van der Waals surface area contributed by atoms with Gasteiger partial charge in [0.15, 0.2) is 0 Å². The lowest BCUT2D eigenvalue weighted by Crippen LogP contribution is -2.03. The van der Waals surface area contributed by atoms with Crippen LogP contribution >= 0.6 is 0 Å². The second kappa shape index (κ2) is 21.4. The van der Waals surface area contributed by atoms with Gasteiger partial charge in [-0.05, 0) is 13.3 Å². The average Bonchev–Trinajstić information content (AvgIpc) is 2.52. The molecule has 4 heteroatoms. The molecule has 0 saturated heterocycles. The second-order valence-electron chi connectivity index (χ2n) is 6.26. The van der Waals surface area contributed by atoms with Crippen LogP contribution in [-0.4, -0.2) is 35.5 Å². The molecule has 0 radical (unpaired) electrons. The first-order valence-electron chi connectivity index (χ1n) is 9.46. The van der Waals surface area contributed by atoms with Gasteiger partial charge < -0.3 is 14.9 Å². The number of aliphatic hydroxyl groups is 2. The molecule has 0 aliphatic carbocycles. The van der Waals surface area contributed by atoms with E-state index in [9.17, 15) is 4.79 Å². The third-order valence-electron chi connectivity index (χ3n) is 3.57. The highest BCUT2D eigenvalue weighted by atomic mass is 16.5. The van der Waals surface area contributed by atoms with Crippen LogP contribution in [0.15, 0.2) is 0 Å². The monoisotopic (exact) mass is 332 g/mol. The van der Waals surface area contributed by atoms with Crippen LogP contribution in [0.5, 0.6) is 0 Å². The first kappa shape index (κ1) is 24.6. The molecule has 0 heterocycles. The summed E-state index contributed by atoms with van der Waals surface area (Å²) in [5.74, 6) is -0.155. The van der Waals surface area contributed by atoms with Crippen LogP contribution in [0.3, 0.4) is 0 Å². The number of ether oxygens (including phenoxy) is 1. The highest BCUT2D eigenvalue weighted by molar-refractivity contribution is 5.65. The highest BCUT2D eigenvalue weighted by Crippen LogP contribution is 2.11. The van der Waals surface area contributed by atoms with Crippen molar-refractivity contribution in [3.8, 4) is 0 Å². The Morgan fingerprint density at radius 2 is 1.22 bits per heavy atom. The molecular weight excluding hydrogens is 292 g/mol. The summed E-state index contributed by atoms with van der Waals surface area (Å²) < 4.78 is 4.89.